The van der Waals surface area contributed by atoms with Crippen molar-refractivity contribution in [3.63, 3.8) is 0 Å². The Balaban J connectivity index is 1.47. The summed E-state index contributed by atoms with van der Waals surface area (Å²) < 4.78 is 7.87. The van der Waals surface area contributed by atoms with Gasteiger partial charge < -0.3 is 4.74 Å². The number of halogens is 2. The van der Waals surface area contributed by atoms with Crippen LogP contribution in [-0.4, -0.2) is 35.9 Å². The van der Waals surface area contributed by atoms with E-state index in [0.29, 0.717) is 18.7 Å². The van der Waals surface area contributed by atoms with Crippen LogP contribution in [0.4, 0.5) is 5.13 Å². The zero-order valence-corrected chi connectivity index (χ0v) is 19.6. The number of hydrogen-bond donors (Lipinski definition) is 0. The molecule has 0 aliphatic carbocycles. The van der Waals surface area contributed by atoms with E-state index in [9.17, 15) is 4.79 Å². The lowest BCUT2D eigenvalue weighted by Gasteiger charge is -2.23. The molecule has 29 heavy (non-hydrogen) atoms. The number of carbonyl (C=O) groups is 1. The molecule has 1 aliphatic heterocycles. The first-order valence-corrected chi connectivity index (χ1v) is 12.4. The number of aromatic nitrogens is 1. The molecule has 4 rings (SSSR count). The van der Waals surface area contributed by atoms with Gasteiger partial charge in [0.25, 0.3) is 0 Å². The summed E-state index contributed by atoms with van der Waals surface area (Å²) in [5, 5.41) is 1.46. The number of thiazole rings is 1. The molecule has 0 bridgehead atoms. The Bertz CT molecular complexity index is 990. The molecule has 1 unspecified atom stereocenters. The van der Waals surface area contributed by atoms with Crippen LogP contribution in [0, 0.1) is 0 Å². The van der Waals surface area contributed by atoms with Gasteiger partial charge in [-0.15, -0.1) is 11.8 Å². The largest absolute Gasteiger partial charge is 0.376 e. The van der Waals surface area contributed by atoms with E-state index in [1.165, 1.54) is 0 Å². The van der Waals surface area contributed by atoms with Gasteiger partial charge in [-0.3, -0.25) is 9.69 Å². The number of anilines is 1. The average Bonchev–Trinajstić information content (AvgIpc) is 3.36. The average molecular weight is 512 g/mol. The van der Waals surface area contributed by atoms with Crippen molar-refractivity contribution in [3.05, 3.63) is 52.0 Å². The molecular weight excluding hydrogens is 492 g/mol. The van der Waals surface area contributed by atoms with Crippen LogP contribution >= 0.6 is 50.6 Å². The third-order valence-corrected chi connectivity index (χ3v) is 7.48. The highest BCUT2D eigenvalue weighted by Gasteiger charge is 2.26. The summed E-state index contributed by atoms with van der Waals surface area (Å²) in [4.78, 5) is 20.8. The topological polar surface area (TPSA) is 42.4 Å². The van der Waals surface area contributed by atoms with Crippen molar-refractivity contribution in [2.45, 2.75) is 30.3 Å². The van der Waals surface area contributed by atoms with E-state index in [4.69, 9.17) is 21.3 Å². The SMILES string of the molecule is O=C(CCSc1ccc(Cl)cc1)N(CC1CCCO1)c1nc2ccc(Br)cc2s1. The minimum absolute atomic E-state index is 0.0834. The number of thioether (sulfide) groups is 1. The molecule has 0 saturated carbocycles. The van der Waals surface area contributed by atoms with Gasteiger partial charge in [-0.25, -0.2) is 4.98 Å². The quantitative estimate of drug-likeness (QED) is 0.344. The minimum atomic E-state index is 0.0834. The molecule has 1 saturated heterocycles. The third kappa shape index (κ3) is 5.52. The van der Waals surface area contributed by atoms with Crippen LogP contribution in [0.25, 0.3) is 10.2 Å². The maximum atomic E-state index is 13.1. The third-order valence-electron chi connectivity index (χ3n) is 4.68. The van der Waals surface area contributed by atoms with E-state index < -0.39 is 0 Å². The van der Waals surface area contributed by atoms with E-state index in [1.807, 2.05) is 47.4 Å². The van der Waals surface area contributed by atoms with Crippen LogP contribution in [0.3, 0.4) is 0 Å². The molecule has 0 radical (unpaired) electrons. The smallest absolute Gasteiger partial charge is 0.229 e. The van der Waals surface area contributed by atoms with Crippen LogP contribution in [0.1, 0.15) is 19.3 Å². The summed E-state index contributed by atoms with van der Waals surface area (Å²) in [6, 6.07) is 13.7. The Hall–Kier alpha value is -1.12. The number of ether oxygens (including phenoxy) is 1. The molecule has 1 aliphatic rings. The maximum absolute atomic E-state index is 13.1. The highest BCUT2D eigenvalue weighted by molar-refractivity contribution is 9.10. The van der Waals surface area contributed by atoms with Crippen molar-refractivity contribution in [3.8, 4) is 0 Å². The van der Waals surface area contributed by atoms with E-state index in [-0.39, 0.29) is 12.0 Å². The summed E-state index contributed by atoms with van der Waals surface area (Å²) >= 11 is 12.7. The first-order chi connectivity index (χ1) is 14.1. The van der Waals surface area contributed by atoms with Crippen LogP contribution in [0.2, 0.25) is 5.02 Å². The normalized spacial score (nSPS) is 16.4. The zero-order valence-electron chi connectivity index (χ0n) is 15.6. The second kappa shape index (κ2) is 9.79. The monoisotopic (exact) mass is 510 g/mol. The molecule has 0 spiro atoms. The van der Waals surface area contributed by atoms with Gasteiger partial charge in [-0.1, -0.05) is 38.9 Å². The summed E-state index contributed by atoms with van der Waals surface area (Å²) in [5.41, 5.74) is 0.911. The minimum Gasteiger partial charge on any atom is -0.376 e. The molecular formula is C21H20BrClN2O2S2. The molecule has 4 nitrogen and oxygen atoms in total. The van der Waals surface area contributed by atoms with Crippen LogP contribution < -0.4 is 4.90 Å². The molecule has 0 N–H and O–H groups in total. The Labute approximate surface area is 191 Å². The second-order valence-electron chi connectivity index (χ2n) is 6.80. The Kier molecular flexibility index (Phi) is 7.13. The number of benzene rings is 2. The Morgan fingerprint density at radius 3 is 2.90 bits per heavy atom. The number of rotatable bonds is 7. The molecule has 2 heterocycles. The van der Waals surface area contributed by atoms with E-state index in [2.05, 4.69) is 15.9 Å². The van der Waals surface area contributed by atoms with Gasteiger partial charge in [0.05, 0.1) is 22.9 Å². The van der Waals surface area contributed by atoms with Crippen molar-refractivity contribution in [1.29, 1.82) is 0 Å². The highest BCUT2D eigenvalue weighted by atomic mass is 79.9. The van der Waals surface area contributed by atoms with Gasteiger partial charge in [0.1, 0.15) is 0 Å². The van der Waals surface area contributed by atoms with Gasteiger partial charge in [0.2, 0.25) is 5.91 Å². The lowest BCUT2D eigenvalue weighted by atomic mass is 10.2. The molecule has 2 aromatic carbocycles. The fourth-order valence-electron chi connectivity index (χ4n) is 3.20. The molecule has 1 amide bonds. The van der Waals surface area contributed by atoms with Gasteiger partial charge >= 0.3 is 0 Å². The van der Waals surface area contributed by atoms with Crippen molar-refractivity contribution >= 4 is 71.9 Å². The second-order valence-corrected chi connectivity index (χ2v) is 10.3. The van der Waals surface area contributed by atoms with Gasteiger partial charge in [0, 0.05) is 33.2 Å². The number of nitrogens with zero attached hydrogens (tertiary/aromatic N) is 2. The lowest BCUT2D eigenvalue weighted by Crippen LogP contribution is -2.37. The van der Waals surface area contributed by atoms with Crippen LogP contribution in [-0.2, 0) is 9.53 Å². The van der Waals surface area contributed by atoms with Crippen molar-refractivity contribution < 1.29 is 9.53 Å². The molecule has 8 heteroatoms. The van der Waals surface area contributed by atoms with E-state index in [0.717, 1.165) is 49.2 Å². The zero-order chi connectivity index (χ0) is 20.2. The van der Waals surface area contributed by atoms with Crippen LogP contribution in [0.15, 0.2) is 51.8 Å². The first-order valence-electron chi connectivity index (χ1n) is 9.45. The van der Waals surface area contributed by atoms with Gasteiger partial charge in [-0.05, 0) is 55.3 Å². The summed E-state index contributed by atoms with van der Waals surface area (Å²) in [5.74, 6) is 0.791. The Morgan fingerprint density at radius 2 is 2.14 bits per heavy atom. The predicted octanol–water partition coefficient (Wildman–Crippen LogP) is 6.41. The van der Waals surface area contributed by atoms with Crippen molar-refractivity contribution in [1.82, 2.24) is 4.98 Å². The summed E-state index contributed by atoms with van der Waals surface area (Å²) in [7, 11) is 0. The molecule has 1 aromatic heterocycles. The highest BCUT2D eigenvalue weighted by Crippen LogP contribution is 2.32. The molecule has 152 valence electrons. The van der Waals surface area contributed by atoms with E-state index >= 15 is 0 Å². The number of carbonyl (C=O) groups excluding carboxylic acids is 1. The van der Waals surface area contributed by atoms with Gasteiger partial charge in [0.15, 0.2) is 5.13 Å². The molecule has 1 atom stereocenters. The number of hydrogen-bond acceptors (Lipinski definition) is 5. The standard InChI is InChI=1S/C21H20BrClN2O2S2/c22-14-3-8-18-19(12-14)29-21(24-18)25(13-16-2-1-10-27-16)20(26)9-11-28-17-6-4-15(23)5-7-17/h3-8,12,16H,1-2,9-11,13H2. The summed E-state index contributed by atoms with van der Waals surface area (Å²) in [6.07, 6.45) is 2.56. The molecule has 3 aromatic rings. The van der Waals surface area contributed by atoms with Crippen molar-refractivity contribution in [2.24, 2.45) is 0 Å². The van der Waals surface area contributed by atoms with E-state index in [1.54, 1.807) is 23.1 Å². The molecule has 1 fully saturated rings. The van der Waals surface area contributed by atoms with Crippen molar-refractivity contribution in [2.75, 3.05) is 23.8 Å². The van der Waals surface area contributed by atoms with Gasteiger partial charge in [-0.2, -0.15) is 0 Å². The maximum Gasteiger partial charge on any atom is 0.229 e. The Morgan fingerprint density at radius 1 is 1.31 bits per heavy atom. The van der Waals surface area contributed by atoms with Crippen LogP contribution in [0.5, 0.6) is 0 Å². The number of amides is 1. The summed E-state index contributed by atoms with van der Waals surface area (Å²) in [6.45, 7) is 1.33. The fraction of sp³-hybridized carbons (Fsp3) is 0.333. The first kappa shape index (κ1) is 21.1. The lowest BCUT2D eigenvalue weighted by molar-refractivity contribution is -0.118. The fourth-order valence-corrected chi connectivity index (χ4v) is 5.71. The predicted molar refractivity (Wildman–Crippen MR) is 125 cm³/mol. The number of fused-ring (bicyclic) bond motifs is 1.